The zero-order chi connectivity index (χ0) is 22.0. The number of ether oxygens (including phenoxy) is 2. The van der Waals surface area contributed by atoms with Crippen molar-refractivity contribution in [1.29, 1.82) is 0 Å². The molecule has 31 heavy (non-hydrogen) atoms. The Bertz CT molecular complexity index is 1000. The van der Waals surface area contributed by atoms with Crippen molar-refractivity contribution in [3.63, 3.8) is 0 Å². The van der Waals surface area contributed by atoms with Crippen molar-refractivity contribution in [2.24, 2.45) is 10.4 Å². The number of nitrogens with one attached hydrogen (secondary N) is 1. The van der Waals surface area contributed by atoms with E-state index in [1.807, 2.05) is 50.2 Å². The Balaban J connectivity index is 1.76. The van der Waals surface area contributed by atoms with Crippen molar-refractivity contribution in [1.82, 2.24) is 10.2 Å². The second-order valence-corrected chi connectivity index (χ2v) is 8.39. The van der Waals surface area contributed by atoms with Gasteiger partial charge < -0.3 is 19.7 Å². The molecule has 0 amide bonds. The zero-order valence-electron chi connectivity index (χ0n) is 18.2. The molecule has 1 N–H and O–H groups in total. The number of hydrogen-bond donors (Lipinski definition) is 1. The van der Waals surface area contributed by atoms with Gasteiger partial charge in [-0.15, -0.1) is 0 Å². The molecule has 0 saturated carbocycles. The average molecular weight is 442 g/mol. The summed E-state index contributed by atoms with van der Waals surface area (Å²) in [5.41, 5.74) is 1.03. The number of halogens is 1. The topological polar surface area (TPSA) is 63.2 Å². The van der Waals surface area contributed by atoms with Crippen LogP contribution in [0.5, 0.6) is 11.5 Å². The van der Waals surface area contributed by atoms with E-state index < -0.39 is 5.41 Å². The number of para-hydroxylation sites is 1. The molecule has 0 radical (unpaired) electrons. The Kier molecular flexibility index (Phi) is 6.21. The van der Waals surface area contributed by atoms with Gasteiger partial charge in [0, 0.05) is 30.7 Å². The molecule has 0 unspecified atom stereocenters. The third-order valence-corrected chi connectivity index (χ3v) is 6.73. The van der Waals surface area contributed by atoms with Gasteiger partial charge in [-0.1, -0.05) is 37.6 Å². The summed E-state index contributed by atoms with van der Waals surface area (Å²) < 4.78 is 11.4. The molecule has 2 aliphatic rings. The number of aliphatic imine (C=N–C) groups is 1. The molecule has 1 saturated heterocycles. The molecular weight excluding hydrogens is 414 g/mol. The van der Waals surface area contributed by atoms with Crippen molar-refractivity contribution >= 4 is 29.1 Å². The lowest BCUT2D eigenvalue weighted by molar-refractivity contribution is -0.156. The average Bonchev–Trinajstić information content (AvgIpc) is 2.97. The van der Waals surface area contributed by atoms with Gasteiger partial charge in [-0.2, -0.15) is 0 Å². The molecule has 7 heteroatoms. The fourth-order valence-electron chi connectivity index (χ4n) is 4.63. The molecule has 0 aliphatic carbocycles. The smallest absolute Gasteiger partial charge is 0.313 e. The number of fused-ring (bicyclic) bond motifs is 2. The Morgan fingerprint density at radius 3 is 2.77 bits per heavy atom. The van der Waals surface area contributed by atoms with Crippen LogP contribution in [0.25, 0.3) is 0 Å². The maximum absolute atomic E-state index is 12.8. The SMILES string of the molecule is CCC(CC)(C(=O)OC)[C@@H]1CN(C2=Nc3cc(Cl)ccc3Oc3ccccc32)CCN1. The van der Waals surface area contributed by atoms with Crippen LogP contribution in [0.1, 0.15) is 32.3 Å². The molecule has 6 nitrogen and oxygen atoms in total. The maximum atomic E-state index is 12.8. The summed E-state index contributed by atoms with van der Waals surface area (Å²) in [6.07, 6.45) is 1.40. The minimum atomic E-state index is -0.587. The van der Waals surface area contributed by atoms with Gasteiger partial charge in [0.25, 0.3) is 0 Å². The summed E-state index contributed by atoms with van der Waals surface area (Å²) in [6.45, 7) is 6.25. The van der Waals surface area contributed by atoms with E-state index in [0.29, 0.717) is 35.8 Å². The monoisotopic (exact) mass is 441 g/mol. The summed E-state index contributed by atoms with van der Waals surface area (Å²) in [4.78, 5) is 20.0. The summed E-state index contributed by atoms with van der Waals surface area (Å²) in [5.74, 6) is 2.08. The van der Waals surface area contributed by atoms with Crippen LogP contribution in [-0.4, -0.2) is 49.5 Å². The van der Waals surface area contributed by atoms with Gasteiger partial charge in [0.1, 0.15) is 17.3 Å². The van der Waals surface area contributed by atoms with Crippen LogP contribution in [0.2, 0.25) is 5.02 Å². The summed E-state index contributed by atoms with van der Waals surface area (Å²) in [5, 5.41) is 4.17. The third kappa shape index (κ3) is 3.90. The minimum absolute atomic E-state index is 0.0541. The predicted octanol–water partition coefficient (Wildman–Crippen LogP) is 4.78. The fraction of sp³-hybridized carbons (Fsp3) is 0.417. The Morgan fingerprint density at radius 2 is 2.03 bits per heavy atom. The van der Waals surface area contributed by atoms with E-state index in [1.54, 1.807) is 6.07 Å². The second kappa shape index (κ2) is 8.89. The van der Waals surface area contributed by atoms with Crippen LogP contribution in [-0.2, 0) is 9.53 Å². The van der Waals surface area contributed by atoms with Crippen molar-refractivity contribution in [3.8, 4) is 11.5 Å². The molecule has 2 aromatic rings. The number of nitrogens with zero attached hydrogens (tertiary/aromatic N) is 2. The summed E-state index contributed by atoms with van der Waals surface area (Å²) in [7, 11) is 1.46. The predicted molar refractivity (Wildman–Crippen MR) is 123 cm³/mol. The minimum Gasteiger partial charge on any atom is -0.469 e. The van der Waals surface area contributed by atoms with Crippen LogP contribution >= 0.6 is 11.6 Å². The van der Waals surface area contributed by atoms with Gasteiger partial charge in [0.15, 0.2) is 5.75 Å². The van der Waals surface area contributed by atoms with E-state index in [0.717, 1.165) is 30.2 Å². The number of methoxy groups -OCH3 is 1. The van der Waals surface area contributed by atoms with Gasteiger partial charge in [0.05, 0.1) is 18.1 Å². The van der Waals surface area contributed by atoms with Gasteiger partial charge in [0.2, 0.25) is 0 Å². The molecule has 1 atom stereocenters. The molecule has 4 rings (SSSR count). The maximum Gasteiger partial charge on any atom is 0.313 e. The zero-order valence-corrected chi connectivity index (χ0v) is 18.9. The number of rotatable bonds is 4. The number of hydrogen-bond acceptors (Lipinski definition) is 6. The second-order valence-electron chi connectivity index (χ2n) is 7.95. The van der Waals surface area contributed by atoms with E-state index in [2.05, 4.69) is 10.2 Å². The van der Waals surface area contributed by atoms with Crippen LogP contribution in [0.3, 0.4) is 0 Å². The lowest BCUT2D eigenvalue weighted by Gasteiger charge is -2.44. The Labute approximate surface area is 188 Å². The first kappa shape index (κ1) is 21.7. The van der Waals surface area contributed by atoms with Gasteiger partial charge in [-0.3, -0.25) is 4.79 Å². The number of benzene rings is 2. The quantitative estimate of drug-likeness (QED) is 0.692. The third-order valence-electron chi connectivity index (χ3n) is 6.49. The van der Waals surface area contributed by atoms with Crippen molar-refractivity contribution in [2.75, 3.05) is 26.7 Å². The Hall–Kier alpha value is -2.57. The normalized spacial score (nSPS) is 18.3. The molecule has 2 aromatic carbocycles. The Morgan fingerprint density at radius 1 is 1.26 bits per heavy atom. The first-order valence-electron chi connectivity index (χ1n) is 10.7. The molecule has 164 valence electrons. The molecule has 2 aliphatic heterocycles. The number of amidine groups is 1. The van der Waals surface area contributed by atoms with E-state index in [1.165, 1.54) is 7.11 Å². The lowest BCUT2D eigenvalue weighted by atomic mass is 9.74. The van der Waals surface area contributed by atoms with Crippen LogP contribution < -0.4 is 10.1 Å². The number of piperazine rings is 1. The summed E-state index contributed by atoms with van der Waals surface area (Å²) in [6, 6.07) is 13.3. The molecule has 0 bridgehead atoms. The highest BCUT2D eigenvalue weighted by Crippen LogP contribution is 2.40. The van der Waals surface area contributed by atoms with E-state index in [4.69, 9.17) is 26.1 Å². The highest BCUT2D eigenvalue weighted by Gasteiger charge is 2.46. The molecular formula is C24H28ClN3O3. The van der Waals surface area contributed by atoms with Gasteiger partial charge in [-0.25, -0.2) is 4.99 Å². The first-order chi connectivity index (χ1) is 15.0. The largest absolute Gasteiger partial charge is 0.469 e. The number of carbonyl (C=O) groups excluding carboxylic acids is 1. The molecule has 2 heterocycles. The van der Waals surface area contributed by atoms with E-state index in [9.17, 15) is 4.79 Å². The van der Waals surface area contributed by atoms with Gasteiger partial charge >= 0.3 is 5.97 Å². The standard InChI is InChI=1S/C24H28ClN3O3/c1-4-24(5-2,23(29)30-3)21-15-28(13-12-26-21)22-17-8-6-7-9-19(17)31-20-11-10-16(25)14-18(20)27-22/h6-11,14,21,26H,4-5,12-13,15H2,1-3H3/t21-/m0/s1. The molecule has 1 fully saturated rings. The molecule has 0 spiro atoms. The van der Waals surface area contributed by atoms with Crippen molar-refractivity contribution in [3.05, 3.63) is 53.1 Å². The fourth-order valence-corrected chi connectivity index (χ4v) is 4.79. The van der Waals surface area contributed by atoms with Crippen molar-refractivity contribution < 1.29 is 14.3 Å². The van der Waals surface area contributed by atoms with E-state index >= 15 is 0 Å². The highest BCUT2D eigenvalue weighted by molar-refractivity contribution is 6.31. The van der Waals surface area contributed by atoms with E-state index in [-0.39, 0.29) is 12.0 Å². The van der Waals surface area contributed by atoms with Gasteiger partial charge in [-0.05, 0) is 43.2 Å². The first-order valence-corrected chi connectivity index (χ1v) is 11.1. The lowest BCUT2D eigenvalue weighted by Crippen LogP contribution is -2.61. The van der Waals surface area contributed by atoms with Crippen LogP contribution in [0.4, 0.5) is 5.69 Å². The summed E-state index contributed by atoms with van der Waals surface area (Å²) >= 11 is 6.25. The highest BCUT2D eigenvalue weighted by atomic mass is 35.5. The van der Waals surface area contributed by atoms with Crippen LogP contribution in [0, 0.1) is 5.41 Å². The van der Waals surface area contributed by atoms with Crippen LogP contribution in [0.15, 0.2) is 47.5 Å². The number of carbonyl (C=O) groups is 1. The molecule has 0 aromatic heterocycles. The number of esters is 1. The van der Waals surface area contributed by atoms with Crippen molar-refractivity contribution in [2.45, 2.75) is 32.7 Å².